The lowest BCUT2D eigenvalue weighted by molar-refractivity contribution is -0.0581. The lowest BCUT2D eigenvalue weighted by Crippen LogP contribution is -2.32. The quantitative estimate of drug-likeness (QED) is 0.400. The lowest BCUT2D eigenvalue weighted by Gasteiger charge is -2.23. The zero-order valence-corrected chi connectivity index (χ0v) is 12.8. The summed E-state index contributed by atoms with van der Waals surface area (Å²) in [5.41, 5.74) is -0.584. The normalized spacial score (nSPS) is 20.0. The Balaban J connectivity index is 2.16. The molecule has 25 heavy (non-hydrogen) atoms. The predicted octanol–water partition coefficient (Wildman–Crippen LogP) is 5.15. The van der Waals surface area contributed by atoms with Crippen LogP contribution in [0.2, 0.25) is 0 Å². The van der Waals surface area contributed by atoms with E-state index in [2.05, 4.69) is 5.10 Å². The van der Waals surface area contributed by atoms with Gasteiger partial charge in [-0.05, 0) is 23.8 Å². The number of allylic oxidation sites excluding steroid dienone is 1. The van der Waals surface area contributed by atoms with E-state index in [-0.39, 0.29) is 16.8 Å². The Morgan fingerprint density at radius 3 is 2.12 bits per heavy atom. The summed E-state index contributed by atoms with van der Waals surface area (Å²) in [6.45, 7) is 0. The summed E-state index contributed by atoms with van der Waals surface area (Å²) < 4.78 is 78.2. The van der Waals surface area contributed by atoms with E-state index < -0.39 is 33.9 Å². The minimum atomic E-state index is -4.62. The molecule has 3 rings (SSSR count). The van der Waals surface area contributed by atoms with Crippen molar-refractivity contribution in [1.29, 1.82) is 0 Å². The molecule has 0 spiro atoms. The number of quaternary nitrogens is 1. The standard InChI is InChI=1S/C17H11F6N2/c1-25(7-6-15(24-25)17(21,22)23)14-5-3-2-4-11(14)10-8-12(18)16(20)13(19)9-10/h2-9H,1H3/q+1. The second kappa shape index (κ2) is 5.73. The van der Waals surface area contributed by atoms with E-state index in [4.69, 9.17) is 0 Å². The van der Waals surface area contributed by atoms with Crippen molar-refractivity contribution in [2.75, 3.05) is 7.05 Å². The summed E-state index contributed by atoms with van der Waals surface area (Å²) in [5.74, 6) is -4.38. The topological polar surface area (TPSA) is 12.4 Å². The Morgan fingerprint density at radius 2 is 1.56 bits per heavy atom. The van der Waals surface area contributed by atoms with E-state index in [1.54, 1.807) is 12.1 Å². The zero-order valence-electron chi connectivity index (χ0n) is 12.8. The number of para-hydroxylation sites is 1. The van der Waals surface area contributed by atoms with Crippen LogP contribution in [0.1, 0.15) is 0 Å². The molecule has 1 unspecified atom stereocenters. The monoisotopic (exact) mass is 357 g/mol. The summed E-state index contributed by atoms with van der Waals surface area (Å²) >= 11 is 0. The van der Waals surface area contributed by atoms with Crippen LogP contribution < -0.4 is 4.59 Å². The number of alkyl halides is 3. The summed E-state index contributed by atoms with van der Waals surface area (Å²) in [6, 6.07) is 7.66. The largest absolute Gasteiger partial charge is 0.438 e. The van der Waals surface area contributed by atoms with Gasteiger partial charge < -0.3 is 0 Å². The molecule has 1 aliphatic rings. The van der Waals surface area contributed by atoms with E-state index in [0.717, 1.165) is 18.2 Å². The number of rotatable bonds is 2. The van der Waals surface area contributed by atoms with Crippen LogP contribution in [-0.4, -0.2) is 18.9 Å². The van der Waals surface area contributed by atoms with Gasteiger partial charge in [-0.25, -0.2) is 13.2 Å². The molecule has 0 N–H and O–H groups in total. The summed E-state index contributed by atoms with van der Waals surface area (Å²) in [6.07, 6.45) is -2.57. The third-order valence-corrected chi connectivity index (χ3v) is 3.82. The van der Waals surface area contributed by atoms with Crippen molar-refractivity contribution >= 4 is 11.4 Å². The second-order valence-corrected chi connectivity index (χ2v) is 5.60. The van der Waals surface area contributed by atoms with E-state index in [1.165, 1.54) is 25.4 Å². The fourth-order valence-corrected chi connectivity index (χ4v) is 2.62. The van der Waals surface area contributed by atoms with E-state index in [9.17, 15) is 26.3 Å². The highest BCUT2D eigenvalue weighted by atomic mass is 19.4. The summed E-state index contributed by atoms with van der Waals surface area (Å²) in [7, 11) is 1.39. The van der Waals surface area contributed by atoms with Crippen molar-refractivity contribution in [3.05, 3.63) is 66.1 Å². The highest BCUT2D eigenvalue weighted by molar-refractivity contribution is 6.01. The molecule has 0 fully saturated rings. The van der Waals surface area contributed by atoms with E-state index >= 15 is 0 Å². The Hall–Kier alpha value is -2.61. The molecule has 1 atom stereocenters. The van der Waals surface area contributed by atoms with Crippen molar-refractivity contribution < 1.29 is 26.3 Å². The molecule has 2 aromatic rings. The van der Waals surface area contributed by atoms with Crippen LogP contribution in [0.5, 0.6) is 0 Å². The molecule has 0 amide bonds. The van der Waals surface area contributed by atoms with Crippen LogP contribution in [-0.2, 0) is 0 Å². The smallest absolute Gasteiger partial charge is 0.204 e. The predicted molar refractivity (Wildman–Crippen MR) is 82.1 cm³/mol. The summed E-state index contributed by atoms with van der Waals surface area (Å²) in [4.78, 5) is 0. The van der Waals surface area contributed by atoms with Gasteiger partial charge in [0.15, 0.2) is 23.1 Å². The lowest BCUT2D eigenvalue weighted by atomic mass is 10.0. The highest BCUT2D eigenvalue weighted by Crippen LogP contribution is 2.38. The van der Waals surface area contributed by atoms with Crippen LogP contribution in [0.15, 0.2) is 53.8 Å². The van der Waals surface area contributed by atoms with Crippen LogP contribution in [0.25, 0.3) is 11.1 Å². The van der Waals surface area contributed by atoms with Crippen molar-refractivity contribution in [1.82, 2.24) is 4.59 Å². The molecule has 0 aliphatic carbocycles. The van der Waals surface area contributed by atoms with Crippen LogP contribution in [0, 0.1) is 17.5 Å². The molecule has 0 bridgehead atoms. The zero-order chi connectivity index (χ0) is 18.4. The first-order valence-corrected chi connectivity index (χ1v) is 7.09. The van der Waals surface area contributed by atoms with Gasteiger partial charge in [-0.1, -0.05) is 17.2 Å². The molecule has 2 aromatic carbocycles. The van der Waals surface area contributed by atoms with E-state index in [1.807, 2.05) is 0 Å². The van der Waals surface area contributed by atoms with Gasteiger partial charge in [0.1, 0.15) is 13.2 Å². The van der Waals surface area contributed by atoms with Gasteiger partial charge >= 0.3 is 6.18 Å². The second-order valence-electron chi connectivity index (χ2n) is 5.60. The van der Waals surface area contributed by atoms with Crippen molar-refractivity contribution in [3.63, 3.8) is 0 Å². The first-order chi connectivity index (χ1) is 11.6. The van der Waals surface area contributed by atoms with Gasteiger partial charge in [0, 0.05) is 17.7 Å². The third-order valence-electron chi connectivity index (χ3n) is 3.82. The molecule has 2 nitrogen and oxygen atoms in total. The Labute approximate surface area is 138 Å². The number of halogens is 6. The first-order valence-electron chi connectivity index (χ1n) is 7.09. The van der Waals surface area contributed by atoms with Gasteiger partial charge in [-0.15, -0.1) is 4.59 Å². The van der Waals surface area contributed by atoms with Gasteiger partial charge in [-0.3, -0.25) is 0 Å². The van der Waals surface area contributed by atoms with Crippen molar-refractivity contribution in [2.24, 2.45) is 5.10 Å². The number of nitrogens with zero attached hydrogens (tertiary/aromatic N) is 2. The maximum Gasteiger partial charge on any atom is 0.438 e. The van der Waals surface area contributed by atoms with Crippen molar-refractivity contribution in [3.8, 4) is 11.1 Å². The van der Waals surface area contributed by atoms with E-state index in [0.29, 0.717) is 0 Å². The number of benzene rings is 2. The molecule has 0 aromatic heterocycles. The Morgan fingerprint density at radius 1 is 0.960 bits per heavy atom. The third kappa shape index (κ3) is 3.05. The molecule has 0 saturated carbocycles. The maximum absolute atomic E-state index is 13.5. The van der Waals surface area contributed by atoms with Crippen molar-refractivity contribution in [2.45, 2.75) is 6.18 Å². The molecule has 0 saturated heterocycles. The number of hydrogen-bond acceptors (Lipinski definition) is 1. The SMILES string of the molecule is C[N+]1(c2ccccc2-c2cc(F)c(F)c(F)c2)C=CC(C(F)(F)F)=N1. The van der Waals surface area contributed by atoms with Crippen LogP contribution in [0.4, 0.5) is 32.0 Å². The minimum absolute atomic E-state index is 0.00425. The fourth-order valence-electron chi connectivity index (χ4n) is 2.62. The molecule has 130 valence electrons. The molecular weight excluding hydrogens is 346 g/mol. The van der Waals surface area contributed by atoms with Gasteiger partial charge in [0.05, 0.1) is 0 Å². The Bertz CT molecular complexity index is 877. The summed E-state index contributed by atoms with van der Waals surface area (Å²) in [5, 5.41) is 3.67. The Kier molecular flexibility index (Phi) is 3.95. The van der Waals surface area contributed by atoms with Crippen LogP contribution >= 0.6 is 0 Å². The highest BCUT2D eigenvalue weighted by Gasteiger charge is 2.43. The average molecular weight is 357 g/mol. The molecule has 0 radical (unpaired) electrons. The molecule has 1 heterocycles. The maximum atomic E-state index is 13.5. The van der Waals surface area contributed by atoms with Gasteiger partial charge in [0.25, 0.3) is 0 Å². The van der Waals surface area contributed by atoms with Gasteiger partial charge in [-0.2, -0.15) is 13.2 Å². The molecule has 8 heteroatoms. The minimum Gasteiger partial charge on any atom is -0.204 e. The first kappa shape index (κ1) is 17.2. The van der Waals surface area contributed by atoms with Crippen LogP contribution in [0.3, 0.4) is 0 Å². The number of hydrogen-bond donors (Lipinski definition) is 0. The molecular formula is C17H11F6N2+. The van der Waals surface area contributed by atoms with Gasteiger partial charge in [0.2, 0.25) is 5.71 Å². The fraction of sp³-hybridized carbons (Fsp3) is 0.118. The molecule has 1 aliphatic heterocycles. The average Bonchev–Trinajstić information content (AvgIpc) is 2.96.